The van der Waals surface area contributed by atoms with Crippen molar-refractivity contribution in [3.63, 3.8) is 0 Å². The minimum absolute atomic E-state index is 0.00871. The van der Waals surface area contributed by atoms with Crippen LogP contribution in [0.5, 0.6) is 11.5 Å². The van der Waals surface area contributed by atoms with Gasteiger partial charge in [-0.25, -0.2) is 4.79 Å². The van der Waals surface area contributed by atoms with Gasteiger partial charge in [0.1, 0.15) is 11.4 Å². The topological polar surface area (TPSA) is 155 Å². The maximum absolute atomic E-state index is 13.2. The normalized spacial score (nSPS) is 13.1. The largest absolute Gasteiger partial charge is 0.506 e. The lowest BCUT2D eigenvalue weighted by atomic mass is 10.0. The summed E-state index contributed by atoms with van der Waals surface area (Å²) in [6.45, 7) is 9.13. The molecule has 0 unspecified atom stereocenters. The summed E-state index contributed by atoms with van der Waals surface area (Å²) in [6.07, 6.45) is 0.555. The highest BCUT2D eigenvalue weighted by atomic mass is 19.4. The molecule has 0 fully saturated rings. The van der Waals surface area contributed by atoms with Gasteiger partial charge in [0, 0.05) is 37.9 Å². The highest BCUT2D eigenvalue weighted by Crippen LogP contribution is 2.39. The van der Waals surface area contributed by atoms with Gasteiger partial charge >= 0.3 is 12.1 Å². The van der Waals surface area contributed by atoms with E-state index in [1.54, 1.807) is 10.7 Å². The predicted octanol–water partition coefficient (Wildman–Crippen LogP) is 4.41. The van der Waals surface area contributed by atoms with E-state index in [0.717, 1.165) is 23.1 Å². The lowest BCUT2D eigenvalue weighted by Gasteiger charge is -2.32. The number of carboxylic acids is 1. The summed E-state index contributed by atoms with van der Waals surface area (Å²) < 4.78 is 45.0. The van der Waals surface area contributed by atoms with E-state index in [2.05, 4.69) is 54.7 Å². The molecule has 1 aromatic heterocycles. The molecule has 4 rings (SSSR count). The van der Waals surface area contributed by atoms with Crippen LogP contribution in [0.25, 0.3) is 11.1 Å². The van der Waals surface area contributed by atoms with Crippen LogP contribution < -0.4 is 15.4 Å². The average molecular weight is 692 g/mol. The number of anilines is 1. The van der Waals surface area contributed by atoms with Crippen molar-refractivity contribution in [3.8, 4) is 22.6 Å². The number of aromatic nitrogens is 2. The van der Waals surface area contributed by atoms with E-state index in [1.165, 1.54) is 5.56 Å². The zero-order chi connectivity index (χ0) is 36.1. The molecular weight excluding hydrogens is 647 g/mol. The van der Waals surface area contributed by atoms with Gasteiger partial charge in [-0.1, -0.05) is 44.2 Å². The second-order valence-electron chi connectivity index (χ2n) is 11.9. The summed E-state index contributed by atoms with van der Waals surface area (Å²) in [5, 5.41) is 27.5. The number of alkyl halides is 3. The van der Waals surface area contributed by atoms with Gasteiger partial charge in [0.2, 0.25) is 5.91 Å². The van der Waals surface area contributed by atoms with Crippen molar-refractivity contribution in [1.29, 1.82) is 0 Å². The number of amides is 2. The maximum atomic E-state index is 13.2. The van der Waals surface area contributed by atoms with E-state index in [0.29, 0.717) is 63.0 Å². The number of aryl methyl sites for hydroxylation is 1. The van der Waals surface area contributed by atoms with Gasteiger partial charge in [-0.2, -0.15) is 18.3 Å². The van der Waals surface area contributed by atoms with Crippen LogP contribution in [-0.4, -0.2) is 94.4 Å². The fourth-order valence-electron chi connectivity index (χ4n) is 4.95. The second kappa shape index (κ2) is 18.2. The number of phenols is 1. The minimum atomic E-state index is -5.08. The van der Waals surface area contributed by atoms with Crippen molar-refractivity contribution >= 4 is 23.5 Å². The Balaban J connectivity index is 0.000000838. The molecule has 0 radical (unpaired) electrons. The molecule has 0 bridgehead atoms. The summed E-state index contributed by atoms with van der Waals surface area (Å²) >= 11 is 0. The molecule has 2 heterocycles. The Morgan fingerprint density at radius 1 is 1.12 bits per heavy atom. The monoisotopic (exact) mass is 691 g/mol. The number of benzene rings is 2. The Labute approximate surface area is 283 Å². The third-order valence-electron chi connectivity index (χ3n) is 7.91. The van der Waals surface area contributed by atoms with Crippen LogP contribution in [0.15, 0.2) is 48.8 Å². The number of rotatable bonds is 15. The van der Waals surface area contributed by atoms with Crippen LogP contribution in [0.1, 0.15) is 38.3 Å². The molecular formula is C34H44F3N5O7. The summed E-state index contributed by atoms with van der Waals surface area (Å²) in [6, 6.07) is 11.9. The number of ether oxygens (including phenoxy) is 2. The molecule has 0 aliphatic carbocycles. The third kappa shape index (κ3) is 12.1. The van der Waals surface area contributed by atoms with E-state index >= 15 is 0 Å². The van der Waals surface area contributed by atoms with Gasteiger partial charge in [0.15, 0.2) is 12.4 Å². The molecule has 0 spiro atoms. The van der Waals surface area contributed by atoms with E-state index in [4.69, 9.17) is 19.4 Å². The Morgan fingerprint density at radius 3 is 2.51 bits per heavy atom. The number of phenolic OH excluding ortho intramolecular Hbond substituents is 1. The van der Waals surface area contributed by atoms with Crippen LogP contribution >= 0.6 is 0 Å². The van der Waals surface area contributed by atoms with E-state index in [9.17, 15) is 27.9 Å². The molecule has 0 saturated carbocycles. The summed E-state index contributed by atoms with van der Waals surface area (Å²) in [4.78, 5) is 35.6. The highest BCUT2D eigenvalue weighted by molar-refractivity contribution is 5.97. The van der Waals surface area contributed by atoms with Gasteiger partial charge in [0.25, 0.3) is 5.91 Å². The Morgan fingerprint density at radius 2 is 1.86 bits per heavy atom. The van der Waals surface area contributed by atoms with Crippen molar-refractivity contribution in [1.82, 2.24) is 20.0 Å². The minimum Gasteiger partial charge on any atom is -0.506 e. The number of halogens is 3. The van der Waals surface area contributed by atoms with Crippen LogP contribution in [-0.2, 0) is 39.0 Å². The quantitative estimate of drug-likeness (QED) is 0.134. The molecule has 0 saturated heterocycles. The van der Waals surface area contributed by atoms with Crippen LogP contribution in [0.3, 0.4) is 0 Å². The highest BCUT2D eigenvalue weighted by Gasteiger charge is 2.38. The van der Waals surface area contributed by atoms with Crippen molar-refractivity contribution < 1.29 is 47.2 Å². The van der Waals surface area contributed by atoms with Gasteiger partial charge in [0.05, 0.1) is 25.8 Å². The first-order chi connectivity index (χ1) is 23.2. The van der Waals surface area contributed by atoms with Crippen LogP contribution in [0, 0.1) is 5.92 Å². The zero-order valence-electron chi connectivity index (χ0n) is 28.0. The first-order valence-electron chi connectivity index (χ1n) is 15.9. The van der Waals surface area contributed by atoms with Gasteiger partial charge in [-0.3, -0.25) is 14.3 Å². The lowest BCUT2D eigenvalue weighted by molar-refractivity contribution is -0.192. The molecule has 12 nitrogen and oxygen atoms in total. The smallest absolute Gasteiger partial charge is 0.490 e. The number of carbonyl (C=O) groups excluding carboxylic acids is 2. The molecule has 268 valence electrons. The Hall–Kier alpha value is -4.63. The number of carbonyl (C=O) groups is 3. The molecule has 1 atom stereocenters. The molecule has 3 aromatic rings. The number of aromatic hydroxyl groups is 1. The van der Waals surface area contributed by atoms with Crippen molar-refractivity contribution in [2.24, 2.45) is 13.0 Å². The zero-order valence-corrected chi connectivity index (χ0v) is 28.0. The number of carboxylic acid groups (broad SMARTS) is 1. The summed E-state index contributed by atoms with van der Waals surface area (Å²) in [5.74, 6) is -2.11. The Bertz CT molecular complexity index is 1560. The predicted molar refractivity (Wildman–Crippen MR) is 176 cm³/mol. The molecule has 2 amide bonds. The van der Waals surface area contributed by atoms with Crippen LogP contribution in [0.4, 0.5) is 18.9 Å². The van der Waals surface area contributed by atoms with E-state index < -0.39 is 12.1 Å². The number of nitrogens with one attached hydrogen (secondary N) is 2. The number of fused-ring (bicyclic) bond motifs is 1. The standard InChI is InChI=1S/C32H43N5O5.C2HF3O2/c1-22(2)23(3)37(15-14-33-13-10-25-8-9-28(38)31-32(25)42-21-29(39)35-31)30(40)12-17-41-16-11-24-6-5-7-26(18-24)27-19-34-36(4)20-27;3-2(4,5)1(6)7/h5-9,18-20,22-23,33,38H,10-17,21H2,1-4H3,(H,35,39);(H,6,7)/t23-;/m1./s1. The second-order valence-corrected chi connectivity index (χ2v) is 11.9. The summed E-state index contributed by atoms with van der Waals surface area (Å²) in [7, 11) is 1.91. The van der Waals surface area contributed by atoms with Gasteiger partial charge in [-0.15, -0.1) is 0 Å². The van der Waals surface area contributed by atoms with Crippen LogP contribution in [0.2, 0.25) is 0 Å². The number of aliphatic carboxylic acids is 1. The van der Waals surface area contributed by atoms with E-state index in [1.807, 2.05) is 36.5 Å². The van der Waals surface area contributed by atoms with Crippen molar-refractivity contribution in [2.75, 3.05) is 44.8 Å². The first-order valence-corrected chi connectivity index (χ1v) is 15.9. The molecule has 1 aliphatic rings. The summed E-state index contributed by atoms with van der Waals surface area (Å²) in [5.41, 5.74) is 4.63. The lowest BCUT2D eigenvalue weighted by Crippen LogP contribution is -2.45. The molecule has 4 N–H and O–H groups in total. The SMILES string of the molecule is CC(C)[C@@H](C)N(CCNCCc1ccc(O)c2c1OCC(=O)N2)C(=O)CCOCCc1cccc(-c2cnn(C)c2)c1.O=C(O)C(F)(F)F. The molecule has 15 heteroatoms. The third-order valence-corrected chi connectivity index (χ3v) is 7.91. The molecule has 1 aliphatic heterocycles. The molecule has 2 aromatic carbocycles. The number of nitrogens with zero attached hydrogens (tertiary/aromatic N) is 3. The van der Waals surface area contributed by atoms with Crippen molar-refractivity contribution in [2.45, 2.75) is 52.3 Å². The fourth-order valence-corrected chi connectivity index (χ4v) is 4.95. The average Bonchev–Trinajstić information content (AvgIpc) is 3.49. The fraction of sp³-hybridized carbons (Fsp3) is 0.471. The van der Waals surface area contributed by atoms with E-state index in [-0.39, 0.29) is 30.2 Å². The number of hydrogen-bond acceptors (Lipinski definition) is 8. The molecule has 49 heavy (non-hydrogen) atoms. The first kappa shape index (κ1) is 38.8. The number of hydrogen-bond donors (Lipinski definition) is 4. The Kier molecular flexibility index (Phi) is 14.4. The van der Waals surface area contributed by atoms with Gasteiger partial charge < -0.3 is 35.2 Å². The van der Waals surface area contributed by atoms with Crippen molar-refractivity contribution in [3.05, 3.63) is 59.9 Å². The maximum Gasteiger partial charge on any atom is 0.490 e. The van der Waals surface area contributed by atoms with Gasteiger partial charge in [-0.05, 0) is 55.0 Å².